The molecule has 0 bridgehead atoms. The third-order valence-electron chi connectivity index (χ3n) is 2.55. The number of benzene rings is 1. The van der Waals surface area contributed by atoms with Crippen LogP contribution in [-0.4, -0.2) is 4.57 Å². The molecule has 0 aliphatic rings. The normalized spacial score (nSPS) is 11.1. The Kier molecular flexibility index (Phi) is 2.35. The van der Waals surface area contributed by atoms with Gasteiger partial charge < -0.3 is 4.57 Å². The smallest absolute Gasteiger partial charge is 0.125 e. The highest BCUT2D eigenvalue weighted by molar-refractivity contribution is 9.10. The van der Waals surface area contributed by atoms with E-state index in [1.807, 2.05) is 17.7 Å². The van der Waals surface area contributed by atoms with Crippen molar-refractivity contribution in [1.82, 2.24) is 4.57 Å². The molecule has 0 unspecified atom stereocenters. The van der Waals surface area contributed by atoms with Gasteiger partial charge in [-0.3, -0.25) is 0 Å². The number of hydrogen-bond acceptors (Lipinski definition) is 0. The number of fused-ring (bicyclic) bond motifs is 1. The van der Waals surface area contributed by atoms with E-state index in [-0.39, 0.29) is 5.82 Å². The zero-order valence-electron chi connectivity index (χ0n) is 8.14. The number of nitrogens with zero attached hydrogens (tertiary/aromatic N) is 1. The lowest BCUT2D eigenvalue weighted by Crippen LogP contribution is -1.94. The Bertz CT molecular complexity index is 487. The molecule has 0 aliphatic heterocycles. The van der Waals surface area contributed by atoms with Gasteiger partial charge in [0.15, 0.2) is 0 Å². The summed E-state index contributed by atoms with van der Waals surface area (Å²) in [5.74, 6) is -0.187. The highest BCUT2D eigenvalue weighted by Gasteiger charge is 2.11. The van der Waals surface area contributed by atoms with Crippen LogP contribution in [0.1, 0.15) is 12.6 Å². The average molecular weight is 256 g/mol. The van der Waals surface area contributed by atoms with Gasteiger partial charge in [-0.1, -0.05) is 6.92 Å². The second kappa shape index (κ2) is 3.39. The fraction of sp³-hybridized carbons (Fsp3) is 0.273. The SMILES string of the molecule is CCc1c(Br)c2ccc(F)cc2n1C. The Morgan fingerprint density at radius 2 is 2.14 bits per heavy atom. The Hall–Kier alpha value is -0.830. The number of aryl methyl sites for hydroxylation is 1. The molecule has 2 aromatic rings. The maximum absolute atomic E-state index is 13.0. The fourth-order valence-corrected chi connectivity index (χ4v) is 2.69. The lowest BCUT2D eigenvalue weighted by molar-refractivity contribution is 0.628. The molecule has 1 nitrogen and oxygen atoms in total. The zero-order valence-corrected chi connectivity index (χ0v) is 9.73. The summed E-state index contributed by atoms with van der Waals surface area (Å²) in [4.78, 5) is 0. The highest BCUT2D eigenvalue weighted by Crippen LogP contribution is 2.30. The van der Waals surface area contributed by atoms with Crippen LogP contribution in [0.25, 0.3) is 10.9 Å². The molecule has 1 aromatic heterocycles. The zero-order chi connectivity index (χ0) is 10.3. The first-order valence-electron chi connectivity index (χ1n) is 4.57. The molecule has 1 heterocycles. The molecular weight excluding hydrogens is 245 g/mol. The van der Waals surface area contributed by atoms with Crippen LogP contribution in [0.4, 0.5) is 4.39 Å². The molecule has 0 saturated carbocycles. The van der Waals surface area contributed by atoms with E-state index in [9.17, 15) is 4.39 Å². The Balaban J connectivity index is 2.87. The van der Waals surface area contributed by atoms with Crippen molar-refractivity contribution in [3.8, 4) is 0 Å². The first-order valence-corrected chi connectivity index (χ1v) is 5.36. The van der Waals surface area contributed by atoms with Crippen molar-refractivity contribution in [3.05, 3.63) is 34.2 Å². The molecule has 0 spiro atoms. The van der Waals surface area contributed by atoms with E-state index in [0.29, 0.717) is 0 Å². The van der Waals surface area contributed by atoms with Crippen LogP contribution in [0.15, 0.2) is 22.7 Å². The van der Waals surface area contributed by atoms with Gasteiger partial charge >= 0.3 is 0 Å². The van der Waals surface area contributed by atoms with Crippen LogP contribution in [0.3, 0.4) is 0 Å². The molecule has 0 N–H and O–H groups in total. The quantitative estimate of drug-likeness (QED) is 0.734. The summed E-state index contributed by atoms with van der Waals surface area (Å²) in [5.41, 5.74) is 2.14. The topological polar surface area (TPSA) is 4.93 Å². The molecule has 2 rings (SSSR count). The Morgan fingerprint density at radius 1 is 1.43 bits per heavy atom. The van der Waals surface area contributed by atoms with Gasteiger partial charge in [0, 0.05) is 22.6 Å². The number of rotatable bonds is 1. The predicted molar refractivity (Wildman–Crippen MR) is 60.0 cm³/mol. The number of aromatic nitrogens is 1. The van der Waals surface area contributed by atoms with E-state index in [1.165, 1.54) is 11.8 Å². The minimum atomic E-state index is -0.187. The molecule has 0 amide bonds. The molecule has 3 heteroatoms. The van der Waals surface area contributed by atoms with Crippen LogP contribution in [0, 0.1) is 5.82 Å². The maximum Gasteiger partial charge on any atom is 0.125 e. The van der Waals surface area contributed by atoms with Gasteiger partial charge in [0.05, 0.1) is 5.52 Å². The average Bonchev–Trinajstić information content (AvgIpc) is 2.39. The number of hydrogen-bond donors (Lipinski definition) is 0. The molecule has 74 valence electrons. The van der Waals surface area contributed by atoms with Crippen molar-refractivity contribution >= 4 is 26.8 Å². The van der Waals surface area contributed by atoms with Crippen LogP contribution in [-0.2, 0) is 13.5 Å². The van der Waals surface area contributed by atoms with Crippen LogP contribution in [0.5, 0.6) is 0 Å². The maximum atomic E-state index is 13.0. The summed E-state index contributed by atoms with van der Waals surface area (Å²) < 4.78 is 16.1. The first-order chi connectivity index (χ1) is 6.65. The summed E-state index contributed by atoms with van der Waals surface area (Å²) in [5, 5.41) is 1.07. The summed E-state index contributed by atoms with van der Waals surface area (Å²) >= 11 is 3.54. The highest BCUT2D eigenvalue weighted by atomic mass is 79.9. The predicted octanol–water partition coefficient (Wildman–Crippen LogP) is 3.64. The molecule has 1 aromatic carbocycles. The first kappa shape index (κ1) is 9.71. The number of halogens is 2. The Labute approximate surface area is 90.7 Å². The summed E-state index contributed by atoms with van der Waals surface area (Å²) in [6.45, 7) is 2.09. The second-order valence-corrected chi connectivity index (χ2v) is 4.13. The molecule has 0 radical (unpaired) electrons. The lowest BCUT2D eigenvalue weighted by atomic mass is 10.2. The standard InChI is InChI=1S/C11H11BrFN/c1-3-9-11(12)8-5-4-7(13)6-10(8)14(9)2/h4-6H,3H2,1-2H3. The van der Waals surface area contributed by atoms with Gasteiger partial charge in [-0.2, -0.15) is 0 Å². The van der Waals surface area contributed by atoms with Crippen molar-refractivity contribution in [2.24, 2.45) is 7.05 Å². The molecule has 0 saturated heterocycles. The summed E-state index contributed by atoms with van der Waals surface area (Å²) in [6, 6.07) is 4.87. The van der Waals surface area contributed by atoms with Crippen molar-refractivity contribution < 1.29 is 4.39 Å². The van der Waals surface area contributed by atoms with E-state index in [0.717, 1.165) is 21.8 Å². The third kappa shape index (κ3) is 1.27. The van der Waals surface area contributed by atoms with Crippen molar-refractivity contribution in [2.75, 3.05) is 0 Å². The molecule has 0 aliphatic carbocycles. The van der Waals surface area contributed by atoms with Crippen LogP contribution in [0.2, 0.25) is 0 Å². The van der Waals surface area contributed by atoms with Gasteiger partial charge in [0.1, 0.15) is 5.82 Å². The molecular formula is C11H11BrFN. The monoisotopic (exact) mass is 255 g/mol. The van der Waals surface area contributed by atoms with Crippen molar-refractivity contribution in [2.45, 2.75) is 13.3 Å². The fourth-order valence-electron chi connectivity index (χ4n) is 1.81. The van der Waals surface area contributed by atoms with Gasteiger partial charge in [-0.15, -0.1) is 0 Å². The van der Waals surface area contributed by atoms with E-state index in [4.69, 9.17) is 0 Å². The van der Waals surface area contributed by atoms with Crippen LogP contribution < -0.4 is 0 Å². The third-order valence-corrected chi connectivity index (χ3v) is 3.44. The molecule has 0 atom stereocenters. The van der Waals surface area contributed by atoms with Gasteiger partial charge in [-0.25, -0.2) is 4.39 Å². The van der Waals surface area contributed by atoms with Crippen LogP contribution >= 0.6 is 15.9 Å². The lowest BCUT2D eigenvalue weighted by Gasteiger charge is -2.00. The van der Waals surface area contributed by atoms with Gasteiger partial charge in [-0.05, 0) is 40.5 Å². The second-order valence-electron chi connectivity index (χ2n) is 3.33. The van der Waals surface area contributed by atoms with Gasteiger partial charge in [0.2, 0.25) is 0 Å². The van der Waals surface area contributed by atoms with E-state index in [2.05, 4.69) is 22.9 Å². The van der Waals surface area contributed by atoms with E-state index < -0.39 is 0 Å². The Morgan fingerprint density at radius 3 is 2.79 bits per heavy atom. The van der Waals surface area contributed by atoms with Crippen molar-refractivity contribution in [3.63, 3.8) is 0 Å². The molecule has 14 heavy (non-hydrogen) atoms. The minimum Gasteiger partial charge on any atom is -0.346 e. The summed E-state index contributed by atoms with van der Waals surface area (Å²) in [6.07, 6.45) is 0.938. The summed E-state index contributed by atoms with van der Waals surface area (Å²) in [7, 11) is 1.96. The largest absolute Gasteiger partial charge is 0.346 e. The van der Waals surface area contributed by atoms with Gasteiger partial charge in [0.25, 0.3) is 0 Å². The molecule has 0 fully saturated rings. The van der Waals surface area contributed by atoms with Crippen molar-refractivity contribution in [1.29, 1.82) is 0 Å². The van der Waals surface area contributed by atoms with E-state index >= 15 is 0 Å². The minimum absolute atomic E-state index is 0.187. The van der Waals surface area contributed by atoms with E-state index in [1.54, 1.807) is 6.07 Å².